The van der Waals surface area contributed by atoms with Gasteiger partial charge < -0.3 is 26.3 Å². The first-order chi connectivity index (χ1) is 11.1. The van der Waals surface area contributed by atoms with E-state index in [9.17, 15) is 5.11 Å². The van der Waals surface area contributed by atoms with Crippen LogP contribution >= 0.6 is 0 Å². The van der Waals surface area contributed by atoms with Gasteiger partial charge in [0.05, 0.1) is 6.73 Å². The van der Waals surface area contributed by atoms with Crippen molar-refractivity contribution in [2.45, 2.75) is 13.0 Å². The summed E-state index contributed by atoms with van der Waals surface area (Å²) in [6.45, 7) is 2.28. The van der Waals surface area contributed by atoms with Gasteiger partial charge in [-0.25, -0.2) is 0 Å². The fourth-order valence-corrected chi connectivity index (χ4v) is 3.01. The number of ether oxygens (including phenoxy) is 1. The van der Waals surface area contributed by atoms with Gasteiger partial charge in [-0.1, -0.05) is 12.1 Å². The van der Waals surface area contributed by atoms with Crippen LogP contribution in [0.3, 0.4) is 0 Å². The molecule has 2 heterocycles. The van der Waals surface area contributed by atoms with E-state index in [2.05, 4.69) is 9.88 Å². The van der Waals surface area contributed by atoms with Gasteiger partial charge in [0.1, 0.15) is 11.6 Å². The molecule has 0 fully saturated rings. The number of para-hydroxylation sites is 1. The molecule has 6 N–H and O–H groups in total. The van der Waals surface area contributed by atoms with Crippen molar-refractivity contribution in [3.63, 3.8) is 0 Å². The van der Waals surface area contributed by atoms with Crippen molar-refractivity contribution >= 4 is 17.6 Å². The maximum absolute atomic E-state index is 9.94. The molecule has 1 aliphatic heterocycles. The Morgan fingerprint density at radius 2 is 2.22 bits per heavy atom. The van der Waals surface area contributed by atoms with Crippen LogP contribution in [0.25, 0.3) is 11.8 Å². The van der Waals surface area contributed by atoms with Crippen LogP contribution in [0.2, 0.25) is 0 Å². The summed E-state index contributed by atoms with van der Waals surface area (Å²) in [5.41, 5.74) is 16.6. The van der Waals surface area contributed by atoms with E-state index < -0.39 is 0 Å². The Morgan fingerprint density at radius 1 is 1.43 bits per heavy atom. The molecule has 0 unspecified atom stereocenters. The average Bonchev–Trinajstić information content (AvgIpc) is 2.84. The molecule has 2 aromatic rings. The highest BCUT2D eigenvalue weighted by Crippen LogP contribution is 2.31. The van der Waals surface area contributed by atoms with Gasteiger partial charge >= 0.3 is 0 Å². The molecule has 0 atom stereocenters. The van der Waals surface area contributed by atoms with Crippen molar-refractivity contribution in [1.82, 2.24) is 9.88 Å². The van der Waals surface area contributed by atoms with Crippen molar-refractivity contribution in [2.24, 2.45) is 5.73 Å². The number of aromatic nitrogens is 1. The summed E-state index contributed by atoms with van der Waals surface area (Å²) in [7, 11) is 1.69. The van der Waals surface area contributed by atoms with Crippen LogP contribution in [0.4, 0.5) is 5.82 Å². The highest BCUT2D eigenvalue weighted by atomic mass is 16.5. The van der Waals surface area contributed by atoms with Gasteiger partial charge in [-0.3, -0.25) is 4.90 Å². The topological polar surface area (TPSA) is 101 Å². The molecule has 6 nitrogen and oxygen atoms in total. The Morgan fingerprint density at radius 3 is 2.96 bits per heavy atom. The molecule has 0 bridgehead atoms. The van der Waals surface area contributed by atoms with E-state index in [-0.39, 0.29) is 5.75 Å². The van der Waals surface area contributed by atoms with Crippen molar-refractivity contribution in [2.75, 3.05) is 26.1 Å². The number of H-pyrrole nitrogens is 1. The van der Waals surface area contributed by atoms with E-state index in [1.54, 1.807) is 25.3 Å². The summed E-state index contributed by atoms with van der Waals surface area (Å²) in [6, 6.07) is 7.01. The lowest BCUT2D eigenvalue weighted by Gasteiger charge is -2.26. The summed E-state index contributed by atoms with van der Waals surface area (Å²) in [5.74, 6) is 0.762. The minimum Gasteiger partial charge on any atom is -0.507 e. The number of nitrogens with zero attached hydrogens (tertiary/aromatic N) is 1. The van der Waals surface area contributed by atoms with E-state index >= 15 is 0 Å². The zero-order valence-electron chi connectivity index (χ0n) is 13.2. The standard InChI is InChI=1S/C17H22N4O2/c1-23-10-21-7-6-15-13(9-21)12(17(19)20-15)8-14(18)11-4-2-3-5-16(11)22/h2-5,8,20,22H,6-7,9-10,18-19H2,1H3/b14-8-. The van der Waals surface area contributed by atoms with Gasteiger partial charge in [0, 0.05) is 49.1 Å². The number of nitrogens with two attached hydrogens (primary N) is 2. The van der Waals surface area contributed by atoms with E-state index in [1.807, 2.05) is 12.1 Å². The lowest BCUT2D eigenvalue weighted by atomic mass is 10.0. The van der Waals surface area contributed by atoms with Crippen molar-refractivity contribution in [3.8, 4) is 5.75 Å². The fraction of sp³-hybridized carbons (Fsp3) is 0.294. The Bertz CT molecular complexity index is 736. The third kappa shape index (κ3) is 3.04. The van der Waals surface area contributed by atoms with Gasteiger partial charge in [0.2, 0.25) is 0 Å². The number of aromatic hydroxyl groups is 1. The molecule has 1 aromatic carbocycles. The molecule has 6 heteroatoms. The molecule has 0 spiro atoms. The zero-order chi connectivity index (χ0) is 16.4. The first kappa shape index (κ1) is 15.5. The van der Waals surface area contributed by atoms with Crippen molar-refractivity contribution < 1.29 is 9.84 Å². The zero-order valence-corrected chi connectivity index (χ0v) is 13.2. The fourth-order valence-electron chi connectivity index (χ4n) is 3.01. The minimum absolute atomic E-state index is 0.158. The van der Waals surface area contributed by atoms with Crippen LogP contribution in [0.1, 0.15) is 22.4 Å². The van der Waals surface area contributed by atoms with Gasteiger partial charge in [0.25, 0.3) is 0 Å². The highest BCUT2D eigenvalue weighted by Gasteiger charge is 2.22. The third-order valence-corrected chi connectivity index (χ3v) is 4.15. The van der Waals surface area contributed by atoms with Crippen LogP contribution < -0.4 is 11.5 Å². The average molecular weight is 314 g/mol. The Hall–Kier alpha value is -2.44. The molecule has 3 rings (SSSR count). The predicted octanol–water partition coefficient (Wildman–Crippen LogP) is 1.72. The smallest absolute Gasteiger partial charge is 0.124 e. The lowest BCUT2D eigenvalue weighted by Crippen LogP contribution is -2.32. The summed E-state index contributed by atoms with van der Waals surface area (Å²) < 4.78 is 5.22. The molecule has 1 aliphatic rings. The number of methoxy groups -OCH3 is 1. The number of anilines is 1. The molecule has 0 amide bonds. The van der Waals surface area contributed by atoms with Crippen LogP contribution in [0.5, 0.6) is 5.75 Å². The first-order valence-corrected chi connectivity index (χ1v) is 7.56. The molecule has 1 aromatic heterocycles. The SMILES string of the molecule is COCN1CCc2[nH]c(N)c(/C=C(\N)c3ccccc3O)c2C1. The van der Waals surface area contributed by atoms with Crippen molar-refractivity contribution in [1.29, 1.82) is 0 Å². The summed E-state index contributed by atoms with van der Waals surface area (Å²) in [5, 5.41) is 9.94. The van der Waals surface area contributed by atoms with Gasteiger partial charge in [0.15, 0.2) is 0 Å². The number of rotatable bonds is 4. The minimum atomic E-state index is 0.158. The summed E-state index contributed by atoms with van der Waals surface area (Å²) in [6.07, 6.45) is 2.73. The number of benzene rings is 1. The first-order valence-electron chi connectivity index (χ1n) is 7.56. The molecule has 0 aliphatic carbocycles. The summed E-state index contributed by atoms with van der Waals surface area (Å²) >= 11 is 0. The number of phenolic OH excluding ortho intramolecular Hbond substituents is 1. The van der Waals surface area contributed by atoms with Crippen LogP contribution in [-0.2, 0) is 17.7 Å². The quantitative estimate of drug-likeness (QED) is 0.688. The number of nitrogens with one attached hydrogen (secondary N) is 1. The van der Waals surface area contributed by atoms with Crippen LogP contribution in [0, 0.1) is 0 Å². The third-order valence-electron chi connectivity index (χ3n) is 4.15. The summed E-state index contributed by atoms with van der Waals surface area (Å²) in [4.78, 5) is 5.46. The molecule has 23 heavy (non-hydrogen) atoms. The normalized spacial score (nSPS) is 15.6. The Balaban J connectivity index is 1.96. The highest BCUT2D eigenvalue weighted by molar-refractivity contribution is 5.86. The molecular weight excluding hydrogens is 292 g/mol. The van der Waals surface area contributed by atoms with Crippen molar-refractivity contribution in [3.05, 3.63) is 46.6 Å². The maximum atomic E-state index is 9.94. The molecule has 122 valence electrons. The number of aromatic amines is 1. The second-order valence-corrected chi connectivity index (χ2v) is 5.75. The van der Waals surface area contributed by atoms with Gasteiger partial charge in [-0.05, 0) is 23.8 Å². The number of phenols is 1. The second kappa shape index (κ2) is 6.36. The molecule has 0 saturated heterocycles. The van der Waals surface area contributed by atoms with Gasteiger partial charge in [-0.15, -0.1) is 0 Å². The maximum Gasteiger partial charge on any atom is 0.124 e. The number of hydrogen-bond donors (Lipinski definition) is 4. The lowest BCUT2D eigenvalue weighted by molar-refractivity contribution is 0.0541. The number of fused-ring (bicyclic) bond motifs is 1. The Labute approximate surface area is 135 Å². The molecule has 0 saturated carbocycles. The van der Waals surface area contributed by atoms with E-state index in [0.29, 0.717) is 23.8 Å². The molecular formula is C17H22N4O2. The number of hydrogen-bond acceptors (Lipinski definition) is 5. The van der Waals surface area contributed by atoms with E-state index in [1.165, 1.54) is 0 Å². The largest absolute Gasteiger partial charge is 0.507 e. The predicted molar refractivity (Wildman–Crippen MR) is 91.4 cm³/mol. The number of nitrogen functional groups attached to an aromatic ring is 1. The van der Waals surface area contributed by atoms with Crippen LogP contribution in [-0.4, -0.2) is 35.4 Å². The van der Waals surface area contributed by atoms with E-state index in [0.717, 1.165) is 36.3 Å². The second-order valence-electron chi connectivity index (χ2n) is 5.75. The Kier molecular flexibility index (Phi) is 4.27. The van der Waals surface area contributed by atoms with Gasteiger partial charge in [-0.2, -0.15) is 0 Å². The van der Waals surface area contributed by atoms with Crippen LogP contribution in [0.15, 0.2) is 24.3 Å². The van der Waals surface area contributed by atoms with E-state index in [4.69, 9.17) is 16.2 Å². The monoisotopic (exact) mass is 314 g/mol. The molecule has 0 radical (unpaired) electrons.